The Bertz CT molecular complexity index is 585. The molecule has 4 N–H and O–H groups in total. The summed E-state index contributed by atoms with van der Waals surface area (Å²) in [7, 11) is 4.17. The van der Waals surface area contributed by atoms with E-state index in [1.165, 1.54) is 11.1 Å². The molecule has 0 bridgehead atoms. The van der Waals surface area contributed by atoms with Crippen molar-refractivity contribution < 1.29 is 0 Å². The molecule has 0 aliphatic carbocycles. The van der Waals surface area contributed by atoms with Crippen molar-refractivity contribution in [1.29, 1.82) is 0 Å². The van der Waals surface area contributed by atoms with Crippen molar-refractivity contribution in [3.63, 3.8) is 0 Å². The summed E-state index contributed by atoms with van der Waals surface area (Å²) in [5.74, 6) is 0.699. The molecule has 2 atom stereocenters. The largest absolute Gasteiger partial charge is 0.333 e. The third kappa shape index (κ3) is 4.56. The van der Waals surface area contributed by atoms with Crippen LogP contribution >= 0.6 is 0 Å². The number of aryl methyl sites for hydroxylation is 2. The number of nitrogens with one attached hydrogen (secondary N) is 2. The molecule has 0 saturated heterocycles. The highest BCUT2D eigenvalue weighted by Gasteiger charge is 2.25. The smallest absolute Gasteiger partial charge is 0.202 e. The Labute approximate surface area is 139 Å². The predicted octanol–water partition coefficient (Wildman–Crippen LogP) is 2.57. The van der Waals surface area contributed by atoms with Crippen LogP contribution < -0.4 is 16.4 Å². The molecule has 5 nitrogen and oxygen atoms in total. The number of hydrogen-bond donors (Lipinski definition) is 3. The summed E-state index contributed by atoms with van der Waals surface area (Å²) in [6.45, 7) is 6.37. The van der Waals surface area contributed by atoms with E-state index < -0.39 is 5.66 Å². The molecule has 1 aliphatic heterocycles. The quantitative estimate of drug-likeness (QED) is 0.781. The van der Waals surface area contributed by atoms with Crippen molar-refractivity contribution in [2.24, 2.45) is 10.7 Å². The SMILES string of the molecule is Cc1cccc(C)c1NC1=NC(N)(CCC(C)N(C)C)C=CN1. The van der Waals surface area contributed by atoms with E-state index in [4.69, 9.17) is 5.73 Å². The number of benzene rings is 1. The van der Waals surface area contributed by atoms with Crippen LogP contribution in [-0.4, -0.2) is 36.7 Å². The van der Waals surface area contributed by atoms with Gasteiger partial charge in [-0.15, -0.1) is 0 Å². The zero-order valence-corrected chi connectivity index (χ0v) is 14.9. The van der Waals surface area contributed by atoms with Crippen LogP contribution in [0.3, 0.4) is 0 Å². The minimum atomic E-state index is -0.658. The summed E-state index contributed by atoms with van der Waals surface area (Å²) in [4.78, 5) is 6.89. The lowest BCUT2D eigenvalue weighted by molar-refractivity contribution is 0.278. The number of guanidine groups is 1. The molecule has 1 heterocycles. The first-order chi connectivity index (χ1) is 10.8. The van der Waals surface area contributed by atoms with Crippen LogP contribution in [0.15, 0.2) is 35.5 Å². The molecule has 1 aromatic carbocycles. The summed E-state index contributed by atoms with van der Waals surface area (Å²) < 4.78 is 0. The van der Waals surface area contributed by atoms with Gasteiger partial charge in [-0.3, -0.25) is 0 Å². The number of nitrogens with zero attached hydrogens (tertiary/aromatic N) is 2. The molecular weight excluding hydrogens is 286 g/mol. The fraction of sp³-hybridized carbons (Fsp3) is 0.500. The summed E-state index contributed by atoms with van der Waals surface area (Å²) in [5, 5.41) is 6.54. The minimum absolute atomic E-state index is 0.476. The van der Waals surface area contributed by atoms with E-state index in [0.29, 0.717) is 12.0 Å². The van der Waals surface area contributed by atoms with Gasteiger partial charge in [-0.05, 0) is 64.9 Å². The molecule has 0 spiro atoms. The van der Waals surface area contributed by atoms with Gasteiger partial charge in [-0.25, -0.2) is 4.99 Å². The van der Waals surface area contributed by atoms with Crippen molar-refractivity contribution in [2.45, 2.75) is 45.3 Å². The van der Waals surface area contributed by atoms with Gasteiger partial charge in [0.25, 0.3) is 0 Å². The first kappa shape index (κ1) is 17.5. The number of anilines is 1. The molecule has 23 heavy (non-hydrogen) atoms. The normalized spacial score (nSPS) is 21.8. The predicted molar refractivity (Wildman–Crippen MR) is 98.6 cm³/mol. The third-order valence-corrected chi connectivity index (χ3v) is 4.48. The number of nitrogens with two attached hydrogens (primary N) is 1. The average molecular weight is 315 g/mol. The van der Waals surface area contributed by atoms with E-state index in [1.54, 1.807) is 0 Å². The van der Waals surface area contributed by atoms with Crippen molar-refractivity contribution in [1.82, 2.24) is 10.2 Å². The van der Waals surface area contributed by atoms with E-state index >= 15 is 0 Å². The number of rotatable bonds is 5. The van der Waals surface area contributed by atoms with E-state index in [9.17, 15) is 0 Å². The molecule has 5 heteroatoms. The van der Waals surface area contributed by atoms with Crippen LogP contribution in [0.4, 0.5) is 5.69 Å². The fourth-order valence-electron chi connectivity index (χ4n) is 2.57. The third-order valence-electron chi connectivity index (χ3n) is 4.48. The van der Waals surface area contributed by atoms with Crippen LogP contribution in [0, 0.1) is 13.8 Å². The maximum atomic E-state index is 6.45. The Kier molecular flexibility index (Phi) is 5.44. The number of aliphatic imine (C=N–C) groups is 1. The van der Waals surface area contributed by atoms with Crippen molar-refractivity contribution in [3.8, 4) is 0 Å². The van der Waals surface area contributed by atoms with Crippen LogP contribution in [0.5, 0.6) is 0 Å². The van der Waals surface area contributed by atoms with Gasteiger partial charge >= 0.3 is 0 Å². The Balaban J connectivity index is 2.10. The molecule has 1 aliphatic rings. The lowest BCUT2D eigenvalue weighted by Crippen LogP contribution is -2.45. The van der Waals surface area contributed by atoms with Crippen molar-refractivity contribution in [3.05, 3.63) is 41.6 Å². The van der Waals surface area contributed by atoms with Gasteiger partial charge in [0.2, 0.25) is 5.96 Å². The van der Waals surface area contributed by atoms with E-state index in [0.717, 1.165) is 18.5 Å². The van der Waals surface area contributed by atoms with Crippen molar-refractivity contribution in [2.75, 3.05) is 19.4 Å². The van der Waals surface area contributed by atoms with E-state index in [2.05, 4.69) is 73.6 Å². The highest BCUT2D eigenvalue weighted by molar-refractivity contribution is 5.96. The second kappa shape index (κ2) is 7.15. The first-order valence-electron chi connectivity index (χ1n) is 8.13. The minimum Gasteiger partial charge on any atom is -0.333 e. The Morgan fingerprint density at radius 3 is 2.57 bits per heavy atom. The van der Waals surface area contributed by atoms with Gasteiger partial charge < -0.3 is 21.3 Å². The molecule has 2 unspecified atom stereocenters. The fourth-order valence-corrected chi connectivity index (χ4v) is 2.57. The van der Waals surface area contributed by atoms with E-state index in [1.807, 2.05) is 12.3 Å². The summed E-state index contributed by atoms with van der Waals surface area (Å²) in [6.07, 6.45) is 5.62. The number of hydrogen-bond acceptors (Lipinski definition) is 5. The van der Waals surface area contributed by atoms with Crippen LogP contribution in [0.2, 0.25) is 0 Å². The van der Waals surface area contributed by atoms with Gasteiger partial charge in [-0.1, -0.05) is 18.2 Å². The van der Waals surface area contributed by atoms with Gasteiger partial charge in [0.05, 0.1) is 0 Å². The molecule has 0 radical (unpaired) electrons. The first-order valence-corrected chi connectivity index (χ1v) is 8.13. The molecule has 0 aromatic heterocycles. The highest BCUT2D eigenvalue weighted by atomic mass is 15.2. The molecular formula is C18H29N5. The molecule has 0 fully saturated rings. The molecule has 1 aromatic rings. The van der Waals surface area contributed by atoms with Crippen LogP contribution in [0.1, 0.15) is 30.9 Å². The maximum absolute atomic E-state index is 6.45. The lowest BCUT2D eigenvalue weighted by atomic mass is 10.0. The molecule has 2 rings (SSSR count). The molecule has 126 valence electrons. The van der Waals surface area contributed by atoms with E-state index in [-0.39, 0.29) is 0 Å². The Morgan fingerprint density at radius 1 is 1.30 bits per heavy atom. The Hall–Kier alpha value is -1.85. The summed E-state index contributed by atoms with van der Waals surface area (Å²) in [5.41, 5.74) is 9.25. The van der Waals surface area contributed by atoms with Gasteiger partial charge in [0, 0.05) is 17.9 Å². The second-order valence-electron chi connectivity index (χ2n) is 6.67. The zero-order valence-electron chi connectivity index (χ0n) is 14.9. The standard InChI is InChI=1S/C18H29N5/c1-13-7-6-8-14(2)16(13)21-17-20-12-11-18(19,22-17)10-9-15(3)23(4)5/h6-8,11-12,15H,9-10,19H2,1-5H3,(H2,20,21,22). The molecule has 0 saturated carbocycles. The zero-order chi connectivity index (χ0) is 17.0. The van der Waals surface area contributed by atoms with Gasteiger partial charge in [-0.2, -0.15) is 0 Å². The Morgan fingerprint density at radius 2 is 1.96 bits per heavy atom. The average Bonchev–Trinajstić information content (AvgIpc) is 2.49. The van der Waals surface area contributed by atoms with Crippen molar-refractivity contribution >= 4 is 11.6 Å². The maximum Gasteiger partial charge on any atom is 0.202 e. The highest BCUT2D eigenvalue weighted by Crippen LogP contribution is 2.22. The van der Waals surface area contributed by atoms with Gasteiger partial charge in [0.1, 0.15) is 5.66 Å². The summed E-state index contributed by atoms with van der Waals surface area (Å²) in [6, 6.07) is 6.71. The topological polar surface area (TPSA) is 65.7 Å². The lowest BCUT2D eigenvalue weighted by Gasteiger charge is -2.29. The van der Waals surface area contributed by atoms with Gasteiger partial charge in [0.15, 0.2) is 0 Å². The van der Waals surface area contributed by atoms with Crippen LogP contribution in [-0.2, 0) is 0 Å². The monoisotopic (exact) mass is 315 g/mol. The summed E-state index contributed by atoms with van der Waals surface area (Å²) >= 11 is 0. The molecule has 0 amide bonds. The van der Waals surface area contributed by atoms with Crippen LogP contribution in [0.25, 0.3) is 0 Å². The second-order valence-corrected chi connectivity index (χ2v) is 6.67. The number of para-hydroxylation sites is 1.